The van der Waals surface area contributed by atoms with Gasteiger partial charge in [0, 0.05) is 22.3 Å². The molecule has 0 amide bonds. The lowest BCUT2D eigenvalue weighted by Crippen LogP contribution is -2.17. The van der Waals surface area contributed by atoms with Gasteiger partial charge in [0.25, 0.3) is 0 Å². The fraction of sp³-hybridized carbons (Fsp3) is 0.350. The first kappa shape index (κ1) is 14.7. The number of ether oxygens (including phenoxy) is 1. The summed E-state index contributed by atoms with van der Waals surface area (Å²) in [6.07, 6.45) is 1.43. The summed E-state index contributed by atoms with van der Waals surface area (Å²) in [5.41, 5.74) is 1.53. The molecule has 0 saturated carbocycles. The maximum atomic E-state index is 8.03. The van der Waals surface area contributed by atoms with Crippen LogP contribution in [0.25, 0.3) is 17.0 Å². The molecular formula is C20H23N7O. The molecule has 0 aliphatic rings. The molecule has 0 atom stereocenters. The smallest absolute Gasteiger partial charge is 0.236 e. The molecule has 0 unspecified atom stereocenters. The van der Waals surface area contributed by atoms with Crippen molar-refractivity contribution in [2.24, 2.45) is 7.05 Å². The largest absolute Gasteiger partial charge is 0.468 e. The van der Waals surface area contributed by atoms with E-state index < -0.39 is 12.3 Å². The van der Waals surface area contributed by atoms with Crippen LogP contribution in [0.2, 0.25) is 0 Å². The summed E-state index contributed by atoms with van der Waals surface area (Å²) in [6.45, 7) is 3.06. The molecule has 28 heavy (non-hydrogen) atoms. The highest BCUT2D eigenvalue weighted by molar-refractivity contribution is 5.63. The van der Waals surface area contributed by atoms with Gasteiger partial charge in [0.15, 0.2) is 17.3 Å². The fourth-order valence-corrected chi connectivity index (χ4v) is 2.95. The third kappa shape index (κ3) is 3.21. The van der Waals surface area contributed by atoms with Crippen LogP contribution in [-0.2, 0) is 19.1 Å². The van der Waals surface area contributed by atoms with Crippen molar-refractivity contribution in [2.45, 2.75) is 39.6 Å². The van der Waals surface area contributed by atoms with Crippen molar-refractivity contribution in [1.82, 2.24) is 34.6 Å². The van der Waals surface area contributed by atoms with Gasteiger partial charge in [0.05, 0.1) is 0 Å². The van der Waals surface area contributed by atoms with E-state index in [-0.39, 0.29) is 12.5 Å². The van der Waals surface area contributed by atoms with Crippen molar-refractivity contribution in [1.29, 1.82) is 0 Å². The Labute approximate surface area is 167 Å². The van der Waals surface area contributed by atoms with Crippen molar-refractivity contribution in [3.05, 3.63) is 53.6 Å². The van der Waals surface area contributed by atoms with Crippen molar-refractivity contribution >= 4 is 5.65 Å². The van der Waals surface area contributed by atoms with Gasteiger partial charge in [-0.3, -0.25) is 4.68 Å². The summed E-state index contributed by atoms with van der Waals surface area (Å²) in [5.74, 6) is 1.32. The van der Waals surface area contributed by atoms with E-state index in [0.29, 0.717) is 22.9 Å². The van der Waals surface area contributed by atoms with E-state index in [1.165, 1.54) is 6.33 Å². The number of nitrogens with zero attached hydrogens (tertiary/aromatic N) is 7. The van der Waals surface area contributed by atoms with Crippen molar-refractivity contribution < 1.29 is 8.85 Å². The molecule has 0 fully saturated rings. The Morgan fingerprint density at radius 1 is 1.21 bits per heavy atom. The normalized spacial score (nSPS) is 13.9. The predicted molar refractivity (Wildman–Crippen MR) is 105 cm³/mol. The molecule has 0 radical (unpaired) electrons. The Hall–Kier alpha value is -3.29. The molecule has 0 spiro atoms. The Kier molecular flexibility index (Phi) is 3.53. The summed E-state index contributed by atoms with van der Waals surface area (Å²) in [6, 6.07) is 9.46. The lowest BCUT2D eigenvalue weighted by atomic mass is 9.88. The number of rotatable bonds is 4. The molecule has 0 saturated heterocycles. The maximum absolute atomic E-state index is 8.03. The highest BCUT2D eigenvalue weighted by Gasteiger charge is 2.24. The lowest BCUT2D eigenvalue weighted by Gasteiger charge is -2.21. The number of fused-ring (bicyclic) bond motifs is 1. The lowest BCUT2D eigenvalue weighted by molar-refractivity contribution is 0.266. The van der Waals surface area contributed by atoms with E-state index >= 15 is 0 Å². The topological polar surface area (TPSA) is 83.0 Å². The van der Waals surface area contributed by atoms with E-state index in [9.17, 15) is 0 Å². The van der Waals surface area contributed by atoms with Gasteiger partial charge in [0.2, 0.25) is 5.88 Å². The van der Waals surface area contributed by atoms with Crippen LogP contribution in [0, 0.1) is 6.92 Å². The van der Waals surface area contributed by atoms with Crippen LogP contribution < -0.4 is 4.74 Å². The molecule has 0 N–H and O–H groups in total. The van der Waals surface area contributed by atoms with Gasteiger partial charge in [-0.25, -0.2) is 4.98 Å². The van der Waals surface area contributed by atoms with Crippen molar-refractivity contribution in [3.63, 3.8) is 0 Å². The van der Waals surface area contributed by atoms with Gasteiger partial charge in [-0.2, -0.15) is 9.61 Å². The molecular weight excluding hydrogens is 354 g/mol. The average molecular weight is 380 g/mol. The van der Waals surface area contributed by atoms with Crippen LogP contribution in [0.5, 0.6) is 5.88 Å². The number of hydrogen-bond acceptors (Lipinski definition) is 6. The van der Waals surface area contributed by atoms with Crippen LogP contribution in [0.15, 0.2) is 36.7 Å². The van der Waals surface area contributed by atoms with E-state index in [4.69, 9.17) is 8.85 Å². The zero-order valence-electron chi connectivity index (χ0n) is 19.2. The molecule has 0 aliphatic carbocycles. The molecule has 8 heteroatoms. The zero-order valence-corrected chi connectivity index (χ0v) is 16.2. The highest BCUT2D eigenvalue weighted by atomic mass is 16.5. The minimum absolute atomic E-state index is 0.0842. The monoisotopic (exact) mass is 380 g/mol. The standard InChI is InChI=1S/C20H23N7O/c1-13-8-6-7-9-14(13)18-24-23-16-10-15(20(2,3)4)19(25-27(16)18)28-11-17-21-12-22-26(17)5/h6-10,12H,11H2,1-5H3/i2D3. The summed E-state index contributed by atoms with van der Waals surface area (Å²) in [4.78, 5) is 4.16. The van der Waals surface area contributed by atoms with Crippen molar-refractivity contribution in [2.75, 3.05) is 0 Å². The first-order valence-electron chi connectivity index (χ1n) is 10.4. The Morgan fingerprint density at radius 2 is 2.04 bits per heavy atom. The van der Waals surface area contributed by atoms with E-state index in [1.807, 2.05) is 31.2 Å². The van der Waals surface area contributed by atoms with Gasteiger partial charge >= 0.3 is 0 Å². The molecule has 0 bridgehead atoms. The van der Waals surface area contributed by atoms with Crippen LogP contribution >= 0.6 is 0 Å². The molecule has 1 aromatic carbocycles. The molecule has 144 valence electrons. The highest BCUT2D eigenvalue weighted by Crippen LogP contribution is 2.32. The van der Waals surface area contributed by atoms with E-state index in [1.54, 1.807) is 36.2 Å². The number of aromatic nitrogens is 7. The number of hydrogen-bond donors (Lipinski definition) is 0. The van der Waals surface area contributed by atoms with Crippen molar-refractivity contribution in [3.8, 4) is 17.3 Å². The third-order valence-corrected chi connectivity index (χ3v) is 4.56. The zero-order chi connectivity index (χ0) is 22.4. The Balaban J connectivity index is 1.87. The van der Waals surface area contributed by atoms with Gasteiger partial charge in [-0.15, -0.1) is 15.3 Å². The summed E-state index contributed by atoms with van der Waals surface area (Å²) >= 11 is 0. The Morgan fingerprint density at radius 3 is 2.75 bits per heavy atom. The van der Waals surface area contributed by atoms with Gasteiger partial charge in [-0.1, -0.05) is 45.0 Å². The average Bonchev–Trinajstić information content (AvgIpc) is 3.30. The van der Waals surface area contributed by atoms with Gasteiger partial charge < -0.3 is 4.74 Å². The predicted octanol–water partition coefficient (Wildman–Crippen LogP) is 3.10. The molecule has 3 heterocycles. The van der Waals surface area contributed by atoms with E-state index in [0.717, 1.165) is 11.1 Å². The number of aryl methyl sites for hydroxylation is 2. The summed E-state index contributed by atoms with van der Waals surface area (Å²) < 4.78 is 33.2. The summed E-state index contributed by atoms with van der Waals surface area (Å²) in [5, 5.41) is 17.2. The number of benzene rings is 1. The van der Waals surface area contributed by atoms with Crippen LogP contribution in [0.4, 0.5) is 0 Å². The summed E-state index contributed by atoms with van der Waals surface area (Å²) in [7, 11) is 1.76. The third-order valence-electron chi connectivity index (χ3n) is 4.56. The van der Waals surface area contributed by atoms with E-state index in [2.05, 4.69) is 25.4 Å². The van der Waals surface area contributed by atoms with Crippen LogP contribution in [0.1, 0.15) is 41.8 Å². The second kappa shape index (κ2) is 6.70. The minimum atomic E-state index is -2.28. The minimum Gasteiger partial charge on any atom is -0.468 e. The SMILES string of the molecule is [2H]C([2H])([2H])C(C)(C)c1cc2nnc(-c3ccccc3C)n2nc1OCc1ncnn1C. The quantitative estimate of drug-likeness (QED) is 0.541. The first-order valence-corrected chi connectivity index (χ1v) is 8.88. The van der Waals surface area contributed by atoms with Gasteiger partial charge in [-0.05, 0) is 24.0 Å². The molecule has 8 nitrogen and oxygen atoms in total. The maximum Gasteiger partial charge on any atom is 0.236 e. The molecule has 4 aromatic rings. The first-order chi connectivity index (χ1) is 14.6. The molecule has 3 aromatic heterocycles. The molecule has 0 aliphatic heterocycles. The fourth-order valence-electron chi connectivity index (χ4n) is 2.95. The Bertz CT molecular complexity index is 1240. The molecule has 4 rings (SSSR count). The second-order valence-electron chi connectivity index (χ2n) is 7.19. The van der Waals surface area contributed by atoms with Crippen LogP contribution in [0.3, 0.4) is 0 Å². The van der Waals surface area contributed by atoms with Crippen LogP contribution in [-0.4, -0.2) is 34.6 Å². The second-order valence-corrected chi connectivity index (χ2v) is 7.19. The van der Waals surface area contributed by atoms with Gasteiger partial charge in [0.1, 0.15) is 12.9 Å².